The molecule has 6 nitrogen and oxygen atoms in total. The summed E-state index contributed by atoms with van der Waals surface area (Å²) >= 11 is 1.45. The molecule has 1 heterocycles. The molecule has 2 aromatic rings. The highest BCUT2D eigenvalue weighted by Gasteiger charge is 2.40. The molecule has 0 amide bonds. The fraction of sp³-hybridized carbons (Fsp3) is 0.458. The number of carbonyl (C=O) groups is 1. The average molecular weight is 478 g/mol. The van der Waals surface area contributed by atoms with E-state index in [1.54, 1.807) is 6.07 Å². The Kier molecular flexibility index (Phi) is 7.77. The molecule has 0 spiro atoms. The minimum absolute atomic E-state index is 0.0155. The molecule has 1 aliphatic rings. The van der Waals surface area contributed by atoms with E-state index in [9.17, 15) is 13.2 Å². The lowest BCUT2D eigenvalue weighted by atomic mass is 9.86. The van der Waals surface area contributed by atoms with Crippen molar-refractivity contribution in [3.63, 3.8) is 0 Å². The topological polar surface area (TPSA) is 83.9 Å². The number of anilines is 2. The molecule has 0 aromatic heterocycles. The van der Waals surface area contributed by atoms with Gasteiger partial charge in [0.15, 0.2) is 9.84 Å². The maximum atomic E-state index is 13.6. The van der Waals surface area contributed by atoms with Crippen molar-refractivity contribution in [2.24, 2.45) is 5.41 Å². The third-order valence-electron chi connectivity index (χ3n) is 5.72. The lowest BCUT2D eigenvalue weighted by molar-refractivity contribution is -0.137. The quantitative estimate of drug-likeness (QED) is 0.485. The predicted octanol–water partition coefficient (Wildman–Crippen LogP) is 5.38. The first-order valence-electron chi connectivity index (χ1n) is 10.8. The van der Waals surface area contributed by atoms with Crippen LogP contribution in [0.5, 0.6) is 5.75 Å². The largest absolute Gasteiger partial charge is 0.492 e. The summed E-state index contributed by atoms with van der Waals surface area (Å²) < 4.78 is 32.9. The SMILES string of the molecule is CCCC[C@]1(C)CN(c2ccccc2)c2cc(SC)c(OCCC(=O)O)cc2S(=O)(=O)C1. The van der Waals surface area contributed by atoms with Gasteiger partial charge in [-0.05, 0) is 36.3 Å². The summed E-state index contributed by atoms with van der Waals surface area (Å²) in [6.07, 6.45) is 4.53. The maximum absolute atomic E-state index is 13.6. The average Bonchev–Trinajstić information content (AvgIpc) is 2.84. The number of para-hydroxylation sites is 1. The first-order chi connectivity index (χ1) is 15.2. The second kappa shape index (κ2) is 10.2. The molecule has 3 rings (SSSR count). The minimum atomic E-state index is -3.59. The Morgan fingerprint density at radius 3 is 2.59 bits per heavy atom. The van der Waals surface area contributed by atoms with Crippen LogP contribution in [-0.4, -0.2) is 44.7 Å². The van der Waals surface area contributed by atoms with Crippen LogP contribution in [0.1, 0.15) is 39.5 Å². The number of ether oxygens (including phenoxy) is 1. The van der Waals surface area contributed by atoms with Gasteiger partial charge in [-0.1, -0.05) is 44.9 Å². The van der Waals surface area contributed by atoms with Crippen molar-refractivity contribution < 1.29 is 23.1 Å². The molecule has 0 saturated carbocycles. The third-order valence-corrected chi connectivity index (χ3v) is 8.56. The van der Waals surface area contributed by atoms with E-state index in [0.29, 0.717) is 18.0 Å². The highest BCUT2D eigenvalue weighted by Crippen LogP contribution is 2.46. The summed E-state index contributed by atoms with van der Waals surface area (Å²) in [5, 5.41) is 8.93. The normalized spacial score (nSPS) is 19.8. The number of aliphatic carboxylic acids is 1. The second-order valence-corrected chi connectivity index (χ2v) is 11.4. The monoisotopic (exact) mass is 477 g/mol. The molecule has 32 heavy (non-hydrogen) atoms. The fourth-order valence-electron chi connectivity index (χ4n) is 4.15. The molecule has 0 radical (unpaired) electrons. The standard InChI is InChI=1S/C24H31NO5S2/c1-4-5-12-24(2)16-25(18-9-7-6-8-10-18)19-14-21(31-3)20(30-13-11-23(26)27)15-22(19)32(28,29)17-24/h6-10,14-15H,4-5,11-13,16-17H2,1-3H3,(H,26,27)/t24-/m1/s1. The number of hydrogen-bond acceptors (Lipinski definition) is 6. The molecule has 0 unspecified atom stereocenters. The van der Waals surface area contributed by atoms with Gasteiger partial charge in [-0.25, -0.2) is 8.42 Å². The van der Waals surface area contributed by atoms with Gasteiger partial charge in [0.05, 0.1) is 34.3 Å². The number of carboxylic acid groups (broad SMARTS) is 1. The van der Waals surface area contributed by atoms with E-state index >= 15 is 0 Å². The number of rotatable bonds is 9. The number of hydrogen-bond donors (Lipinski definition) is 1. The number of benzene rings is 2. The summed E-state index contributed by atoms with van der Waals surface area (Å²) in [5.74, 6) is -0.491. The van der Waals surface area contributed by atoms with Gasteiger partial charge in [0.2, 0.25) is 0 Å². The number of thioether (sulfide) groups is 1. The van der Waals surface area contributed by atoms with Crippen LogP contribution in [0.4, 0.5) is 11.4 Å². The van der Waals surface area contributed by atoms with Gasteiger partial charge >= 0.3 is 5.97 Å². The Morgan fingerprint density at radius 1 is 1.25 bits per heavy atom. The molecule has 0 bridgehead atoms. The van der Waals surface area contributed by atoms with Crippen LogP contribution in [-0.2, 0) is 14.6 Å². The smallest absolute Gasteiger partial charge is 0.306 e. The number of sulfone groups is 1. The van der Waals surface area contributed by atoms with Crippen LogP contribution in [0, 0.1) is 5.41 Å². The molecule has 0 saturated heterocycles. The first-order valence-corrected chi connectivity index (χ1v) is 13.7. The van der Waals surface area contributed by atoms with Crippen LogP contribution >= 0.6 is 11.8 Å². The van der Waals surface area contributed by atoms with Crippen LogP contribution in [0.25, 0.3) is 0 Å². The maximum Gasteiger partial charge on any atom is 0.306 e. The van der Waals surface area contributed by atoms with Crippen LogP contribution < -0.4 is 9.64 Å². The lowest BCUT2D eigenvalue weighted by Gasteiger charge is -2.34. The number of nitrogens with zero attached hydrogens (tertiary/aromatic N) is 1. The molecule has 2 aromatic carbocycles. The van der Waals surface area contributed by atoms with Crippen molar-refractivity contribution in [2.45, 2.75) is 49.3 Å². The summed E-state index contributed by atoms with van der Waals surface area (Å²) in [7, 11) is -3.59. The van der Waals surface area contributed by atoms with Gasteiger partial charge in [-0.3, -0.25) is 4.79 Å². The first kappa shape index (κ1) is 24.5. The van der Waals surface area contributed by atoms with Crippen LogP contribution in [0.2, 0.25) is 0 Å². The van der Waals surface area contributed by atoms with Gasteiger partial charge in [0.25, 0.3) is 0 Å². The van der Waals surface area contributed by atoms with Crippen molar-refractivity contribution in [1.82, 2.24) is 0 Å². The zero-order valence-electron chi connectivity index (χ0n) is 18.8. The van der Waals surface area contributed by atoms with Gasteiger partial charge in [-0.15, -0.1) is 11.8 Å². The Morgan fingerprint density at radius 2 is 1.97 bits per heavy atom. The van der Waals surface area contributed by atoms with Gasteiger partial charge < -0.3 is 14.7 Å². The van der Waals surface area contributed by atoms with E-state index in [2.05, 4.69) is 18.7 Å². The highest BCUT2D eigenvalue weighted by molar-refractivity contribution is 7.98. The van der Waals surface area contributed by atoms with E-state index in [0.717, 1.165) is 29.8 Å². The molecular formula is C24H31NO5S2. The highest BCUT2D eigenvalue weighted by atomic mass is 32.2. The van der Waals surface area contributed by atoms with E-state index in [-0.39, 0.29) is 23.7 Å². The van der Waals surface area contributed by atoms with Crippen LogP contribution in [0.3, 0.4) is 0 Å². The van der Waals surface area contributed by atoms with Gasteiger partial charge in [-0.2, -0.15) is 0 Å². The Bertz CT molecular complexity index is 1060. The van der Waals surface area contributed by atoms with Crippen molar-refractivity contribution in [3.8, 4) is 5.75 Å². The van der Waals surface area contributed by atoms with E-state index in [1.807, 2.05) is 42.7 Å². The zero-order valence-corrected chi connectivity index (χ0v) is 20.5. The molecular weight excluding hydrogens is 446 g/mol. The van der Waals surface area contributed by atoms with Crippen molar-refractivity contribution in [1.29, 1.82) is 0 Å². The van der Waals surface area contributed by atoms with E-state index in [4.69, 9.17) is 9.84 Å². The minimum Gasteiger partial charge on any atom is -0.492 e. The van der Waals surface area contributed by atoms with E-state index < -0.39 is 21.2 Å². The fourth-order valence-corrected chi connectivity index (χ4v) is 6.78. The molecule has 1 atom stereocenters. The second-order valence-electron chi connectivity index (χ2n) is 8.56. The summed E-state index contributed by atoms with van der Waals surface area (Å²) in [6, 6.07) is 13.3. The molecule has 0 aliphatic carbocycles. The molecule has 174 valence electrons. The van der Waals surface area contributed by atoms with Gasteiger partial charge in [0.1, 0.15) is 5.75 Å². The molecule has 8 heteroatoms. The molecule has 1 aliphatic heterocycles. The van der Waals surface area contributed by atoms with Crippen molar-refractivity contribution in [2.75, 3.05) is 30.1 Å². The number of unbranched alkanes of at least 4 members (excludes halogenated alkanes) is 1. The zero-order chi connectivity index (χ0) is 23.4. The Balaban J connectivity index is 2.15. The number of carboxylic acids is 1. The van der Waals surface area contributed by atoms with Gasteiger partial charge in [0, 0.05) is 18.3 Å². The predicted molar refractivity (Wildman–Crippen MR) is 129 cm³/mol. The van der Waals surface area contributed by atoms with Crippen molar-refractivity contribution >= 4 is 38.9 Å². The Labute approximate surface area is 194 Å². The van der Waals surface area contributed by atoms with Crippen LogP contribution in [0.15, 0.2) is 52.3 Å². The summed E-state index contributed by atoms with van der Waals surface area (Å²) in [6.45, 7) is 4.75. The number of fused-ring (bicyclic) bond motifs is 1. The summed E-state index contributed by atoms with van der Waals surface area (Å²) in [5.41, 5.74) is 1.18. The lowest BCUT2D eigenvalue weighted by Crippen LogP contribution is -2.35. The molecule has 0 fully saturated rings. The Hall–Kier alpha value is -2.19. The summed E-state index contributed by atoms with van der Waals surface area (Å²) in [4.78, 5) is 14.0. The van der Waals surface area contributed by atoms with E-state index in [1.165, 1.54) is 11.8 Å². The van der Waals surface area contributed by atoms with Crippen molar-refractivity contribution in [3.05, 3.63) is 42.5 Å². The third kappa shape index (κ3) is 5.59. The molecule has 1 N–H and O–H groups in total.